The van der Waals surface area contributed by atoms with Crippen molar-refractivity contribution < 1.29 is 9.90 Å². The van der Waals surface area contributed by atoms with E-state index in [2.05, 4.69) is 5.32 Å². The lowest BCUT2D eigenvalue weighted by Crippen LogP contribution is -2.23. The van der Waals surface area contributed by atoms with Crippen LogP contribution in [0.4, 0.5) is 0 Å². The molecule has 2 rings (SSSR count). The van der Waals surface area contributed by atoms with Gasteiger partial charge in [0.15, 0.2) is 5.44 Å². The first-order valence-electron chi connectivity index (χ1n) is 4.07. The number of nitrogens with one attached hydrogen (secondary N) is 1. The summed E-state index contributed by atoms with van der Waals surface area (Å²) in [6, 6.07) is 7.26. The minimum atomic E-state index is -0.990. The van der Waals surface area contributed by atoms with Crippen LogP contribution < -0.4 is 5.32 Å². The maximum atomic E-state index is 11.0. The van der Waals surface area contributed by atoms with Crippen molar-refractivity contribution in [3.05, 3.63) is 34.9 Å². The summed E-state index contributed by atoms with van der Waals surface area (Å²) in [5, 5.41) is 12.2. The number of benzene rings is 1. The molecule has 0 aliphatic carbocycles. The molecule has 14 heavy (non-hydrogen) atoms. The Balaban J connectivity index is 2.25. The maximum Gasteiger partial charge on any atom is 0.260 e. The summed E-state index contributed by atoms with van der Waals surface area (Å²) >= 11 is 7.10. The molecule has 2 N–H and O–H groups in total. The third-order valence-electron chi connectivity index (χ3n) is 1.95. The summed E-state index contributed by atoms with van der Waals surface area (Å²) < 4.78 is 0. The number of hydrogen-bond acceptors (Lipinski definition) is 3. The fourth-order valence-corrected chi connectivity index (χ4v) is 2.56. The zero-order chi connectivity index (χ0) is 10.1. The van der Waals surface area contributed by atoms with Crippen LogP contribution in [-0.4, -0.2) is 16.4 Å². The molecule has 0 radical (unpaired) electrons. The third kappa shape index (κ3) is 1.73. The number of carbonyl (C=O) groups is 1. The zero-order valence-corrected chi connectivity index (χ0v) is 8.68. The first kappa shape index (κ1) is 9.83. The van der Waals surface area contributed by atoms with Gasteiger partial charge in [0.25, 0.3) is 5.91 Å². The molecule has 74 valence electrons. The monoisotopic (exact) mass is 229 g/mol. The average Bonchev–Trinajstić information content (AvgIpc) is 2.48. The van der Waals surface area contributed by atoms with E-state index < -0.39 is 5.44 Å². The van der Waals surface area contributed by atoms with E-state index in [1.807, 2.05) is 18.2 Å². The van der Waals surface area contributed by atoms with Gasteiger partial charge in [0.2, 0.25) is 0 Å². The van der Waals surface area contributed by atoms with Crippen LogP contribution in [0.15, 0.2) is 24.3 Å². The van der Waals surface area contributed by atoms with E-state index in [0.717, 1.165) is 17.3 Å². The van der Waals surface area contributed by atoms with Crippen molar-refractivity contribution in [3.63, 3.8) is 0 Å². The van der Waals surface area contributed by atoms with Crippen LogP contribution in [0.1, 0.15) is 10.9 Å². The van der Waals surface area contributed by atoms with Crippen LogP contribution in [-0.2, 0) is 4.79 Å². The van der Waals surface area contributed by atoms with Gasteiger partial charge in [-0.3, -0.25) is 4.79 Å². The van der Waals surface area contributed by atoms with Crippen LogP contribution in [0.25, 0.3) is 0 Å². The Bertz CT molecular complexity index is 372. The molecule has 0 aromatic heterocycles. The van der Waals surface area contributed by atoms with Crippen molar-refractivity contribution in [2.24, 2.45) is 0 Å². The van der Waals surface area contributed by atoms with Gasteiger partial charge < -0.3 is 10.4 Å². The zero-order valence-electron chi connectivity index (χ0n) is 7.11. The molecule has 1 heterocycles. The normalized spacial score (nSPS) is 26.3. The lowest BCUT2D eigenvalue weighted by atomic mass is 10.2. The molecule has 1 aromatic carbocycles. The van der Waals surface area contributed by atoms with E-state index in [4.69, 9.17) is 11.6 Å². The predicted octanol–water partition coefficient (Wildman–Crippen LogP) is 1.52. The Labute approximate surface area is 90.5 Å². The molecule has 1 fully saturated rings. The van der Waals surface area contributed by atoms with Crippen molar-refractivity contribution in [3.8, 4) is 0 Å². The number of halogens is 1. The molecule has 3 nitrogen and oxygen atoms in total. The van der Waals surface area contributed by atoms with E-state index in [1.165, 1.54) is 0 Å². The van der Waals surface area contributed by atoms with Crippen molar-refractivity contribution in [2.75, 3.05) is 0 Å². The van der Waals surface area contributed by atoms with E-state index in [0.29, 0.717) is 5.02 Å². The lowest BCUT2D eigenvalue weighted by Gasteiger charge is -2.10. The molecule has 1 aliphatic heterocycles. The van der Waals surface area contributed by atoms with Crippen molar-refractivity contribution in [1.29, 1.82) is 0 Å². The molecule has 1 aliphatic rings. The molecule has 0 spiro atoms. The van der Waals surface area contributed by atoms with Gasteiger partial charge in [-0.05, 0) is 6.07 Å². The Morgan fingerprint density at radius 2 is 2.14 bits per heavy atom. The number of carbonyl (C=O) groups excluding carboxylic acids is 1. The topological polar surface area (TPSA) is 49.3 Å². The van der Waals surface area contributed by atoms with E-state index >= 15 is 0 Å². The molecule has 2 atom stereocenters. The highest BCUT2D eigenvalue weighted by Gasteiger charge is 2.32. The summed E-state index contributed by atoms with van der Waals surface area (Å²) in [7, 11) is 0. The molecule has 5 heteroatoms. The Hall–Kier alpha value is -0.710. The highest BCUT2D eigenvalue weighted by atomic mass is 35.5. The van der Waals surface area contributed by atoms with E-state index in [-0.39, 0.29) is 11.3 Å². The first-order valence-corrected chi connectivity index (χ1v) is 5.39. The lowest BCUT2D eigenvalue weighted by molar-refractivity contribution is -0.124. The van der Waals surface area contributed by atoms with Crippen LogP contribution in [0.5, 0.6) is 0 Å². The van der Waals surface area contributed by atoms with Gasteiger partial charge in [0, 0.05) is 10.6 Å². The smallest absolute Gasteiger partial charge is 0.260 e. The first-order chi connectivity index (χ1) is 6.68. The van der Waals surface area contributed by atoms with Crippen molar-refractivity contribution in [1.82, 2.24) is 5.32 Å². The molecule has 1 amide bonds. The molecule has 0 saturated carbocycles. The minimum absolute atomic E-state index is 0.244. The number of hydrogen-bond donors (Lipinski definition) is 2. The molecule has 1 saturated heterocycles. The van der Waals surface area contributed by atoms with Gasteiger partial charge in [0.05, 0.1) is 0 Å². The fraction of sp³-hybridized carbons (Fsp3) is 0.222. The Morgan fingerprint density at radius 3 is 2.71 bits per heavy atom. The SMILES string of the molecule is O=C1NC(c2ccccc2Cl)SC1O. The van der Waals surface area contributed by atoms with Gasteiger partial charge in [-0.15, -0.1) is 0 Å². The summed E-state index contributed by atoms with van der Waals surface area (Å²) in [6.45, 7) is 0. The number of thioether (sulfide) groups is 1. The second kappa shape index (κ2) is 3.81. The summed E-state index contributed by atoms with van der Waals surface area (Å²) in [5.74, 6) is -0.361. The highest BCUT2D eigenvalue weighted by molar-refractivity contribution is 8.01. The van der Waals surface area contributed by atoms with Crippen LogP contribution in [0.2, 0.25) is 5.02 Å². The average molecular weight is 230 g/mol. The standard InChI is InChI=1S/C9H8ClNO2S/c10-6-4-2-1-3-5(6)8-11-7(12)9(13)14-8/h1-4,8-9,13H,(H,11,12). The number of aliphatic hydroxyl groups is 1. The largest absolute Gasteiger partial charge is 0.373 e. The molecular weight excluding hydrogens is 222 g/mol. The highest BCUT2D eigenvalue weighted by Crippen LogP contribution is 2.37. The number of rotatable bonds is 1. The van der Waals surface area contributed by atoms with Gasteiger partial charge in [-0.25, -0.2) is 0 Å². The van der Waals surface area contributed by atoms with Gasteiger partial charge in [0.1, 0.15) is 5.37 Å². The second-order valence-electron chi connectivity index (χ2n) is 2.90. The van der Waals surface area contributed by atoms with E-state index in [1.54, 1.807) is 6.07 Å². The quantitative estimate of drug-likeness (QED) is 0.768. The van der Waals surface area contributed by atoms with Crippen molar-refractivity contribution in [2.45, 2.75) is 10.8 Å². The Morgan fingerprint density at radius 1 is 1.43 bits per heavy atom. The maximum absolute atomic E-state index is 11.0. The van der Waals surface area contributed by atoms with Crippen LogP contribution in [0.3, 0.4) is 0 Å². The van der Waals surface area contributed by atoms with Gasteiger partial charge in [-0.2, -0.15) is 0 Å². The summed E-state index contributed by atoms with van der Waals surface area (Å²) in [4.78, 5) is 11.0. The third-order valence-corrected chi connectivity index (χ3v) is 3.41. The predicted molar refractivity (Wildman–Crippen MR) is 55.9 cm³/mol. The van der Waals surface area contributed by atoms with Crippen molar-refractivity contribution >= 4 is 29.3 Å². The second-order valence-corrected chi connectivity index (χ2v) is 4.50. The van der Waals surface area contributed by atoms with Crippen LogP contribution >= 0.6 is 23.4 Å². The Kier molecular flexibility index (Phi) is 2.67. The molecular formula is C9H8ClNO2S. The molecule has 1 aromatic rings. The minimum Gasteiger partial charge on any atom is -0.373 e. The fourth-order valence-electron chi connectivity index (χ4n) is 1.26. The van der Waals surface area contributed by atoms with Gasteiger partial charge >= 0.3 is 0 Å². The molecule has 0 bridgehead atoms. The van der Waals surface area contributed by atoms with Gasteiger partial charge in [-0.1, -0.05) is 41.6 Å². The van der Waals surface area contributed by atoms with E-state index in [9.17, 15) is 9.90 Å². The summed E-state index contributed by atoms with van der Waals surface area (Å²) in [5.41, 5.74) is -0.166. The number of amides is 1. The summed E-state index contributed by atoms with van der Waals surface area (Å²) in [6.07, 6.45) is 0. The van der Waals surface area contributed by atoms with Crippen LogP contribution in [0, 0.1) is 0 Å². The molecule has 2 unspecified atom stereocenters. The number of aliphatic hydroxyl groups excluding tert-OH is 1.